The second-order valence-corrected chi connectivity index (χ2v) is 13.6. The molecule has 0 unspecified atom stereocenters. The summed E-state index contributed by atoms with van der Waals surface area (Å²) in [6.45, 7) is 7.61. The zero-order chi connectivity index (χ0) is 26.4. The molecule has 1 amide bonds. The molecular formula is C32H49NO4. The Balaban J connectivity index is 1.21. The molecular weight excluding hydrogens is 462 g/mol. The van der Waals surface area contributed by atoms with Gasteiger partial charge in [-0.2, -0.15) is 0 Å². The van der Waals surface area contributed by atoms with Gasteiger partial charge in [-0.15, -0.1) is 0 Å². The number of nitrogens with one attached hydrogen (secondary N) is 1. The van der Waals surface area contributed by atoms with Crippen LogP contribution >= 0.6 is 0 Å². The molecule has 206 valence electrons. The van der Waals surface area contributed by atoms with Gasteiger partial charge in [0.25, 0.3) is 0 Å². The molecule has 4 N–H and O–H groups in total. The van der Waals surface area contributed by atoms with Crippen LogP contribution in [0.2, 0.25) is 0 Å². The lowest BCUT2D eigenvalue weighted by atomic mass is 9.43. The molecule has 0 radical (unpaired) electrons. The molecule has 0 aromatic heterocycles. The fourth-order valence-corrected chi connectivity index (χ4v) is 9.77. The molecule has 4 aliphatic rings. The van der Waals surface area contributed by atoms with Crippen LogP contribution in [0.25, 0.3) is 0 Å². The fourth-order valence-electron chi connectivity index (χ4n) is 9.77. The van der Waals surface area contributed by atoms with Gasteiger partial charge in [0.1, 0.15) is 0 Å². The van der Waals surface area contributed by atoms with Crippen LogP contribution in [-0.4, -0.2) is 46.1 Å². The van der Waals surface area contributed by atoms with Crippen molar-refractivity contribution >= 4 is 5.91 Å². The van der Waals surface area contributed by atoms with E-state index in [9.17, 15) is 20.1 Å². The molecule has 0 bridgehead atoms. The van der Waals surface area contributed by atoms with Crippen molar-refractivity contribution in [3.8, 4) is 0 Å². The minimum absolute atomic E-state index is 0.104. The van der Waals surface area contributed by atoms with E-state index in [0.717, 1.165) is 57.8 Å². The number of amides is 1. The van der Waals surface area contributed by atoms with Crippen LogP contribution in [-0.2, 0) is 11.2 Å². The lowest BCUT2D eigenvalue weighted by Gasteiger charge is -2.63. The van der Waals surface area contributed by atoms with Crippen LogP contribution in [0.3, 0.4) is 0 Å². The van der Waals surface area contributed by atoms with Gasteiger partial charge in [0.05, 0.1) is 18.3 Å². The molecule has 5 heteroatoms. The van der Waals surface area contributed by atoms with E-state index >= 15 is 0 Å². The molecule has 4 saturated carbocycles. The Morgan fingerprint density at radius 3 is 2.54 bits per heavy atom. The summed E-state index contributed by atoms with van der Waals surface area (Å²) in [5.41, 5.74) is 1.13. The fraction of sp³-hybridized carbons (Fsp3) is 0.781. The highest BCUT2D eigenvalue weighted by molar-refractivity contribution is 5.75. The van der Waals surface area contributed by atoms with Crippen molar-refractivity contribution in [3.05, 3.63) is 35.9 Å². The summed E-state index contributed by atoms with van der Waals surface area (Å²) in [6, 6.07) is 10.2. The van der Waals surface area contributed by atoms with Gasteiger partial charge in [0, 0.05) is 13.0 Å². The van der Waals surface area contributed by atoms with E-state index in [4.69, 9.17) is 0 Å². The Labute approximate surface area is 223 Å². The number of hydrogen-bond donors (Lipinski definition) is 4. The number of rotatable bonds is 7. The molecule has 0 spiro atoms. The highest BCUT2D eigenvalue weighted by Gasteiger charge is 2.65. The first-order valence-corrected chi connectivity index (χ1v) is 15.0. The van der Waals surface area contributed by atoms with Crippen molar-refractivity contribution < 1.29 is 20.1 Å². The van der Waals surface area contributed by atoms with Crippen LogP contribution in [0.15, 0.2) is 30.3 Å². The van der Waals surface area contributed by atoms with E-state index in [-0.39, 0.29) is 41.0 Å². The molecule has 1 aromatic rings. The van der Waals surface area contributed by atoms with E-state index in [1.54, 1.807) is 0 Å². The SMILES string of the molecule is C[C@H](CCC(=O)NCCc1ccccc1)[C@@H]1CC[C@@H]2[C@@H]3[C@H](O)C[C@H]4C[C@H](O)CC[C@]4(C)[C@@H]3C[C@H](O)[C@@]21C. The quantitative estimate of drug-likeness (QED) is 0.426. The maximum atomic E-state index is 12.6. The molecule has 5 nitrogen and oxygen atoms in total. The van der Waals surface area contributed by atoms with Gasteiger partial charge < -0.3 is 20.6 Å². The smallest absolute Gasteiger partial charge is 0.220 e. The summed E-state index contributed by atoms with van der Waals surface area (Å²) in [7, 11) is 0. The Bertz CT molecular complexity index is 938. The summed E-state index contributed by atoms with van der Waals surface area (Å²) < 4.78 is 0. The number of benzene rings is 1. The topological polar surface area (TPSA) is 89.8 Å². The molecule has 1 aromatic carbocycles. The normalized spacial score (nSPS) is 43.8. The Kier molecular flexibility index (Phi) is 7.79. The highest BCUT2D eigenvalue weighted by Crippen LogP contribution is 2.68. The summed E-state index contributed by atoms with van der Waals surface area (Å²) in [4.78, 5) is 12.6. The monoisotopic (exact) mass is 511 g/mol. The van der Waals surface area contributed by atoms with Crippen LogP contribution in [0.4, 0.5) is 0 Å². The molecule has 0 aliphatic heterocycles. The van der Waals surface area contributed by atoms with E-state index in [1.165, 1.54) is 5.56 Å². The second kappa shape index (κ2) is 10.6. The lowest BCUT2D eigenvalue weighted by molar-refractivity contribution is -0.207. The number of carbonyl (C=O) groups is 1. The minimum atomic E-state index is -0.372. The number of aliphatic hydroxyl groups excluding tert-OH is 3. The van der Waals surface area contributed by atoms with Gasteiger partial charge in [0.2, 0.25) is 5.91 Å². The van der Waals surface area contributed by atoms with Crippen molar-refractivity contribution in [1.29, 1.82) is 0 Å². The summed E-state index contributed by atoms with van der Waals surface area (Å²) in [6.07, 6.45) is 7.59. The molecule has 4 aliphatic carbocycles. The van der Waals surface area contributed by atoms with E-state index in [0.29, 0.717) is 42.6 Å². The van der Waals surface area contributed by atoms with Crippen molar-refractivity contribution in [1.82, 2.24) is 5.32 Å². The van der Waals surface area contributed by atoms with Gasteiger partial charge in [-0.3, -0.25) is 4.79 Å². The van der Waals surface area contributed by atoms with Crippen LogP contribution < -0.4 is 5.32 Å². The van der Waals surface area contributed by atoms with E-state index in [2.05, 4.69) is 38.2 Å². The standard InChI is InChI=1S/C32H49NO4/c1-20(9-12-29(37)33-16-14-21-7-5-4-6-8-21)24-10-11-25-30-26(19-28(36)32(24,25)3)31(2)15-13-23(34)17-22(31)18-27(30)35/h4-8,20,22-28,30,34-36H,9-19H2,1-3H3,(H,33,37)/t20-,22-,23-,24+,25-,26-,27-,28+,30+,31+,32-/m1/s1. The third-order valence-electron chi connectivity index (χ3n) is 11.9. The van der Waals surface area contributed by atoms with Crippen molar-refractivity contribution in [3.63, 3.8) is 0 Å². The molecule has 37 heavy (non-hydrogen) atoms. The second-order valence-electron chi connectivity index (χ2n) is 13.6. The summed E-state index contributed by atoms with van der Waals surface area (Å²) >= 11 is 0. The zero-order valence-electron chi connectivity index (χ0n) is 23.1. The van der Waals surface area contributed by atoms with Crippen molar-refractivity contribution in [2.45, 2.75) is 103 Å². The largest absolute Gasteiger partial charge is 0.393 e. The zero-order valence-corrected chi connectivity index (χ0v) is 23.1. The van der Waals surface area contributed by atoms with Crippen molar-refractivity contribution in [2.24, 2.45) is 46.3 Å². The minimum Gasteiger partial charge on any atom is -0.393 e. The molecule has 11 atom stereocenters. The summed E-state index contributed by atoms with van der Waals surface area (Å²) in [5.74, 6) is 2.09. The number of fused-ring (bicyclic) bond motifs is 5. The molecule has 0 saturated heterocycles. The Hall–Kier alpha value is -1.43. The highest BCUT2D eigenvalue weighted by atomic mass is 16.3. The average Bonchev–Trinajstić information content (AvgIpc) is 3.23. The van der Waals surface area contributed by atoms with Crippen LogP contribution in [0, 0.1) is 46.3 Å². The van der Waals surface area contributed by atoms with E-state index < -0.39 is 0 Å². The number of hydrogen-bond acceptors (Lipinski definition) is 4. The van der Waals surface area contributed by atoms with Gasteiger partial charge in [-0.05, 0) is 110 Å². The number of carbonyl (C=O) groups excluding carboxylic acids is 1. The maximum absolute atomic E-state index is 12.6. The van der Waals surface area contributed by atoms with E-state index in [1.807, 2.05) is 18.2 Å². The first-order valence-electron chi connectivity index (χ1n) is 15.0. The van der Waals surface area contributed by atoms with Crippen molar-refractivity contribution in [2.75, 3.05) is 6.54 Å². The maximum Gasteiger partial charge on any atom is 0.220 e. The predicted molar refractivity (Wildman–Crippen MR) is 146 cm³/mol. The first kappa shape index (κ1) is 27.1. The van der Waals surface area contributed by atoms with Gasteiger partial charge in [0.15, 0.2) is 0 Å². The first-order chi connectivity index (χ1) is 17.6. The third-order valence-corrected chi connectivity index (χ3v) is 11.9. The van der Waals surface area contributed by atoms with Crippen LogP contribution in [0.1, 0.15) is 84.1 Å². The molecule has 5 rings (SSSR count). The van der Waals surface area contributed by atoms with Gasteiger partial charge in [-0.1, -0.05) is 51.1 Å². The molecule has 0 heterocycles. The van der Waals surface area contributed by atoms with Gasteiger partial charge in [-0.25, -0.2) is 0 Å². The third kappa shape index (κ3) is 4.89. The van der Waals surface area contributed by atoms with Crippen LogP contribution in [0.5, 0.6) is 0 Å². The molecule has 4 fully saturated rings. The Morgan fingerprint density at radius 2 is 1.78 bits per heavy atom. The number of aliphatic hydroxyl groups is 3. The summed E-state index contributed by atoms with van der Waals surface area (Å²) in [5, 5.41) is 36.6. The average molecular weight is 512 g/mol. The Morgan fingerprint density at radius 1 is 1.03 bits per heavy atom. The predicted octanol–water partition coefficient (Wildman–Crippen LogP) is 4.72. The van der Waals surface area contributed by atoms with Gasteiger partial charge >= 0.3 is 0 Å². The lowest BCUT2D eigenvalue weighted by Crippen LogP contribution is -2.62.